The number of anilines is 2. The third kappa shape index (κ3) is 4.45. The molecule has 9 heteroatoms. The van der Waals surface area contributed by atoms with Gasteiger partial charge in [0.1, 0.15) is 11.6 Å². The number of nitrogens with zero attached hydrogens (tertiary/aromatic N) is 5. The fourth-order valence-electron chi connectivity index (χ4n) is 3.43. The Morgan fingerprint density at radius 3 is 2.77 bits per heavy atom. The van der Waals surface area contributed by atoms with Crippen LogP contribution >= 0.6 is 0 Å². The van der Waals surface area contributed by atoms with Crippen LogP contribution in [-0.4, -0.2) is 51.2 Å². The highest BCUT2D eigenvalue weighted by Gasteiger charge is 2.34. The van der Waals surface area contributed by atoms with Crippen molar-refractivity contribution in [3.05, 3.63) is 60.7 Å². The minimum atomic E-state index is -0.342. The van der Waals surface area contributed by atoms with E-state index in [1.165, 1.54) is 0 Å². The molecule has 1 aliphatic heterocycles. The molecule has 1 aliphatic rings. The Morgan fingerprint density at radius 1 is 1.17 bits per heavy atom. The summed E-state index contributed by atoms with van der Waals surface area (Å²) in [4.78, 5) is 35.2. The van der Waals surface area contributed by atoms with Crippen molar-refractivity contribution in [3.63, 3.8) is 0 Å². The predicted octanol–water partition coefficient (Wildman–Crippen LogP) is 1.55. The average molecular weight is 405 g/mol. The minimum Gasteiger partial charge on any atom is -0.368 e. The van der Waals surface area contributed by atoms with Gasteiger partial charge in [-0.1, -0.05) is 18.2 Å². The number of hydrogen-bond acceptors (Lipinski definition) is 6. The number of carbonyl (C=O) groups is 2. The fourth-order valence-corrected chi connectivity index (χ4v) is 3.43. The lowest BCUT2D eigenvalue weighted by Crippen LogP contribution is -2.35. The zero-order chi connectivity index (χ0) is 20.9. The maximum absolute atomic E-state index is 12.5. The van der Waals surface area contributed by atoms with Crippen LogP contribution in [0.5, 0.6) is 0 Å². The van der Waals surface area contributed by atoms with Crippen molar-refractivity contribution in [3.8, 4) is 5.82 Å². The topological polar surface area (TPSA) is 105 Å². The minimum absolute atomic E-state index is 0.0258. The van der Waals surface area contributed by atoms with Crippen molar-refractivity contribution in [1.82, 2.24) is 25.1 Å². The highest BCUT2D eigenvalue weighted by Crippen LogP contribution is 2.24. The van der Waals surface area contributed by atoms with Gasteiger partial charge in [-0.05, 0) is 25.1 Å². The molecule has 2 aromatic heterocycles. The Bertz CT molecular complexity index is 1020. The number of amides is 2. The standard InChI is InChI=1S/C21H23N7O2/c1-15-25-18(13-19(26-15)28-11-5-8-24-28)22-9-10-23-21(30)16-12-20(29)27(14-16)17-6-3-2-4-7-17/h2-8,11,13,16H,9-10,12,14H2,1H3,(H,23,30)(H,22,25,26)/t16-/m0/s1. The molecule has 0 unspecified atom stereocenters. The van der Waals surface area contributed by atoms with Crippen molar-refractivity contribution in [2.75, 3.05) is 29.9 Å². The number of rotatable bonds is 7. The highest BCUT2D eigenvalue weighted by molar-refractivity contribution is 6.00. The summed E-state index contributed by atoms with van der Waals surface area (Å²) < 4.78 is 1.66. The first-order valence-corrected chi connectivity index (χ1v) is 9.83. The molecule has 154 valence electrons. The number of benzene rings is 1. The summed E-state index contributed by atoms with van der Waals surface area (Å²) in [7, 11) is 0. The van der Waals surface area contributed by atoms with E-state index in [0.717, 1.165) is 5.69 Å². The van der Waals surface area contributed by atoms with Gasteiger partial charge in [0.2, 0.25) is 11.8 Å². The molecule has 4 rings (SSSR count). The Hall–Kier alpha value is -3.75. The van der Waals surface area contributed by atoms with E-state index >= 15 is 0 Å². The molecule has 0 bridgehead atoms. The molecule has 9 nitrogen and oxygen atoms in total. The highest BCUT2D eigenvalue weighted by atomic mass is 16.2. The third-order valence-corrected chi connectivity index (χ3v) is 4.86. The van der Waals surface area contributed by atoms with E-state index in [1.807, 2.05) is 49.5 Å². The van der Waals surface area contributed by atoms with Gasteiger partial charge >= 0.3 is 0 Å². The van der Waals surface area contributed by atoms with Crippen LogP contribution in [0.25, 0.3) is 5.82 Å². The van der Waals surface area contributed by atoms with Crippen molar-refractivity contribution in [2.45, 2.75) is 13.3 Å². The summed E-state index contributed by atoms with van der Waals surface area (Å²) >= 11 is 0. The fraction of sp³-hybridized carbons (Fsp3) is 0.286. The second-order valence-corrected chi connectivity index (χ2v) is 7.07. The molecule has 3 heterocycles. The maximum Gasteiger partial charge on any atom is 0.227 e. The van der Waals surface area contributed by atoms with Crippen LogP contribution in [0.1, 0.15) is 12.2 Å². The summed E-state index contributed by atoms with van der Waals surface area (Å²) in [6, 6.07) is 13.1. The average Bonchev–Trinajstić information content (AvgIpc) is 3.41. The van der Waals surface area contributed by atoms with Gasteiger partial charge in [0.15, 0.2) is 5.82 Å². The predicted molar refractivity (Wildman–Crippen MR) is 112 cm³/mol. The van der Waals surface area contributed by atoms with E-state index in [-0.39, 0.29) is 24.2 Å². The van der Waals surface area contributed by atoms with Crippen LogP contribution < -0.4 is 15.5 Å². The van der Waals surface area contributed by atoms with E-state index in [9.17, 15) is 9.59 Å². The molecule has 30 heavy (non-hydrogen) atoms. The molecule has 2 amide bonds. The van der Waals surface area contributed by atoms with Gasteiger partial charge in [0, 0.05) is 50.2 Å². The van der Waals surface area contributed by atoms with Gasteiger partial charge < -0.3 is 15.5 Å². The van der Waals surface area contributed by atoms with Gasteiger partial charge in [-0.3, -0.25) is 9.59 Å². The van der Waals surface area contributed by atoms with E-state index in [0.29, 0.717) is 37.1 Å². The molecular weight excluding hydrogens is 382 g/mol. The molecule has 3 aromatic rings. The normalized spacial score (nSPS) is 16.0. The lowest BCUT2D eigenvalue weighted by Gasteiger charge is -2.16. The summed E-state index contributed by atoms with van der Waals surface area (Å²) in [6.45, 7) is 3.15. The number of carbonyl (C=O) groups excluding carboxylic acids is 2. The molecule has 0 saturated carbocycles. The zero-order valence-electron chi connectivity index (χ0n) is 16.7. The summed E-state index contributed by atoms with van der Waals surface area (Å²) in [5, 5.41) is 10.3. The monoisotopic (exact) mass is 405 g/mol. The summed E-state index contributed by atoms with van der Waals surface area (Å²) in [5.41, 5.74) is 0.826. The second kappa shape index (κ2) is 8.73. The Kier molecular flexibility index (Phi) is 5.69. The first-order valence-electron chi connectivity index (χ1n) is 9.83. The van der Waals surface area contributed by atoms with Gasteiger partial charge in [-0.15, -0.1) is 0 Å². The lowest BCUT2D eigenvalue weighted by molar-refractivity contribution is -0.126. The molecule has 0 spiro atoms. The van der Waals surface area contributed by atoms with Crippen LogP contribution in [0.2, 0.25) is 0 Å². The molecule has 1 fully saturated rings. The van der Waals surface area contributed by atoms with Gasteiger partial charge in [0.25, 0.3) is 0 Å². The van der Waals surface area contributed by atoms with Crippen LogP contribution in [0.3, 0.4) is 0 Å². The van der Waals surface area contributed by atoms with E-state index in [4.69, 9.17) is 0 Å². The Balaban J connectivity index is 1.27. The lowest BCUT2D eigenvalue weighted by atomic mass is 10.1. The quantitative estimate of drug-likeness (QED) is 0.578. The van der Waals surface area contributed by atoms with Gasteiger partial charge in [0.05, 0.1) is 5.92 Å². The van der Waals surface area contributed by atoms with Crippen LogP contribution in [-0.2, 0) is 9.59 Å². The number of nitrogens with one attached hydrogen (secondary N) is 2. The Morgan fingerprint density at radius 2 is 2.00 bits per heavy atom. The van der Waals surface area contributed by atoms with Crippen LogP contribution in [0.15, 0.2) is 54.9 Å². The van der Waals surface area contributed by atoms with Crippen LogP contribution in [0, 0.1) is 12.8 Å². The van der Waals surface area contributed by atoms with Crippen LogP contribution in [0.4, 0.5) is 11.5 Å². The number of aromatic nitrogens is 4. The van der Waals surface area contributed by atoms with Gasteiger partial charge in [-0.25, -0.2) is 14.6 Å². The summed E-state index contributed by atoms with van der Waals surface area (Å²) in [5.74, 6) is 1.48. The first-order chi connectivity index (χ1) is 14.6. The van der Waals surface area contributed by atoms with E-state index in [1.54, 1.807) is 21.8 Å². The molecule has 1 aromatic carbocycles. The smallest absolute Gasteiger partial charge is 0.227 e. The SMILES string of the molecule is Cc1nc(NCCNC(=O)[C@H]2CC(=O)N(c3ccccc3)C2)cc(-n2cccn2)n1. The number of aryl methyl sites for hydroxylation is 1. The molecule has 2 N–H and O–H groups in total. The van der Waals surface area contributed by atoms with E-state index in [2.05, 4.69) is 25.7 Å². The zero-order valence-corrected chi connectivity index (χ0v) is 16.7. The first kappa shape index (κ1) is 19.6. The Labute approximate surface area is 174 Å². The van der Waals surface area contributed by atoms with Gasteiger partial charge in [-0.2, -0.15) is 5.10 Å². The molecule has 1 atom stereocenters. The summed E-state index contributed by atoms with van der Waals surface area (Å²) in [6.07, 6.45) is 3.73. The third-order valence-electron chi connectivity index (χ3n) is 4.86. The van der Waals surface area contributed by atoms with Crippen molar-refractivity contribution in [2.24, 2.45) is 5.92 Å². The van der Waals surface area contributed by atoms with Crippen molar-refractivity contribution < 1.29 is 9.59 Å². The largest absolute Gasteiger partial charge is 0.368 e. The number of hydrogen-bond donors (Lipinski definition) is 2. The maximum atomic E-state index is 12.5. The number of para-hydroxylation sites is 1. The second-order valence-electron chi connectivity index (χ2n) is 7.07. The van der Waals surface area contributed by atoms with Crippen molar-refractivity contribution >= 4 is 23.3 Å². The molecule has 0 aliphatic carbocycles. The molecule has 1 saturated heterocycles. The molecule has 0 radical (unpaired) electrons. The van der Waals surface area contributed by atoms with Crippen molar-refractivity contribution in [1.29, 1.82) is 0 Å². The van der Waals surface area contributed by atoms with E-state index < -0.39 is 0 Å². The molecular formula is C21H23N7O2.